The van der Waals surface area contributed by atoms with Gasteiger partial charge in [0.1, 0.15) is 0 Å². The average molecular weight is 449 g/mol. The number of benzene rings is 2. The van der Waals surface area contributed by atoms with Gasteiger partial charge in [-0.15, -0.1) is 0 Å². The Bertz CT molecular complexity index is 847. The number of hydrazone groups is 1. The summed E-state index contributed by atoms with van der Waals surface area (Å²) in [5.74, 6) is -0.281. The van der Waals surface area contributed by atoms with E-state index in [1.165, 1.54) is 0 Å². The summed E-state index contributed by atoms with van der Waals surface area (Å²) in [5, 5.41) is 4.63. The quantitative estimate of drug-likeness (QED) is 0.565. The molecule has 2 amide bonds. The molecule has 1 aliphatic heterocycles. The van der Waals surface area contributed by atoms with E-state index in [2.05, 4.69) is 26.5 Å². The molecule has 27 heavy (non-hydrogen) atoms. The molecule has 0 aliphatic carbocycles. The average Bonchev–Trinajstić information content (AvgIpc) is 2.68. The number of nitrogens with zero attached hydrogens (tertiary/aromatic N) is 2. The van der Waals surface area contributed by atoms with Gasteiger partial charge in [0.15, 0.2) is 0 Å². The van der Waals surface area contributed by atoms with Crippen LogP contribution in [0.3, 0.4) is 0 Å². The molecular weight excluding hydrogens is 430 g/mol. The Labute approximate surface area is 171 Å². The van der Waals surface area contributed by atoms with Gasteiger partial charge in [-0.05, 0) is 54.8 Å². The molecule has 2 aromatic carbocycles. The largest absolute Gasteiger partial charge is 0.339 e. The number of likely N-dealkylation sites (tertiary alicyclic amines) is 1. The lowest BCUT2D eigenvalue weighted by Gasteiger charge is -2.31. The fraction of sp³-hybridized carbons (Fsp3) is 0.250. The van der Waals surface area contributed by atoms with E-state index in [-0.39, 0.29) is 17.7 Å². The normalized spacial score (nSPS) is 15.1. The zero-order chi connectivity index (χ0) is 19.2. The first-order chi connectivity index (χ1) is 13.0. The standard InChI is InChI=1S/C20H19BrClN3O2/c21-17-3-1-2-14(12-17)13-23-24-19(26)15-8-10-25(11-9-15)20(27)16-4-6-18(22)7-5-16/h1-7,12-13,15H,8-11H2,(H,24,26)/b23-13-. The summed E-state index contributed by atoms with van der Waals surface area (Å²) in [6.07, 6.45) is 2.86. The van der Waals surface area contributed by atoms with Crippen LogP contribution in [0.2, 0.25) is 5.02 Å². The van der Waals surface area contributed by atoms with Crippen molar-refractivity contribution in [2.75, 3.05) is 13.1 Å². The van der Waals surface area contributed by atoms with Gasteiger partial charge in [0.05, 0.1) is 6.21 Å². The lowest BCUT2D eigenvalue weighted by atomic mass is 9.95. The third-order valence-corrected chi connectivity index (χ3v) is 5.23. The highest BCUT2D eigenvalue weighted by Gasteiger charge is 2.27. The Morgan fingerprint density at radius 1 is 1.15 bits per heavy atom. The van der Waals surface area contributed by atoms with Gasteiger partial charge >= 0.3 is 0 Å². The second-order valence-electron chi connectivity index (χ2n) is 6.36. The molecule has 0 saturated carbocycles. The van der Waals surface area contributed by atoms with Crippen molar-refractivity contribution in [3.63, 3.8) is 0 Å². The van der Waals surface area contributed by atoms with E-state index in [1.807, 2.05) is 24.3 Å². The molecule has 0 radical (unpaired) electrons. The van der Waals surface area contributed by atoms with E-state index < -0.39 is 0 Å². The Kier molecular flexibility index (Phi) is 6.63. The van der Waals surface area contributed by atoms with Crippen LogP contribution in [-0.2, 0) is 4.79 Å². The maximum atomic E-state index is 12.5. The van der Waals surface area contributed by atoms with Crippen molar-refractivity contribution in [2.45, 2.75) is 12.8 Å². The first-order valence-electron chi connectivity index (χ1n) is 8.66. The monoisotopic (exact) mass is 447 g/mol. The Balaban J connectivity index is 1.49. The molecule has 140 valence electrons. The van der Waals surface area contributed by atoms with Gasteiger partial charge in [-0.2, -0.15) is 5.10 Å². The lowest BCUT2D eigenvalue weighted by molar-refractivity contribution is -0.126. The van der Waals surface area contributed by atoms with Crippen molar-refractivity contribution in [2.24, 2.45) is 11.0 Å². The molecule has 0 unspecified atom stereocenters. The van der Waals surface area contributed by atoms with Crippen LogP contribution in [0.25, 0.3) is 0 Å². The van der Waals surface area contributed by atoms with Crippen LogP contribution < -0.4 is 5.43 Å². The van der Waals surface area contributed by atoms with Crippen LogP contribution in [0.4, 0.5) is 0 Å². The predicted octanol–water partition coefficient (Wildman–Crippen LogP) is 4.11. The molecule has 1 saturated heterocycles. The van der Waals surface area contributed by atoms with E-state index in [4.69, 9.17) is 11.6 Å². The van der Waals surface area contributed by atoms with Crippen LogP contribution in [-0.4, -0.2) is 36.0 Å². The highest BCUT2D eigenvalue weighted by molar-refractivity contribution is 9.10. The Hall–Kier alpha value is -2.18. The molecule has 2 aromatic rings. The molecule has 0 spiro atoms. The molecule has 0 aromatic heterocycles. The number of rotatable bonds is 4. The zero-order valence-corrected chi connectivity index (χ0v) is 16.9. The fourth-order valence-corrected chi connectivity index (χ4v) is 3.51. The molecule has 7 heteroatoms. The third kappa shape index (κ3) is 5.40. The van der Waals surface area contributed by atoms with Crippen LogP contribution in [0.15, 0.2) is 58.1 Å². The number of amides is 2. The number of nitrogens with one attached hydrogen (secondary N) is 1. The van der Waals surface area contributed by atoms with Crippen molar-refractivity contribution in [3.05, 3.63) is 69.2 Å². The van der Waals surface area contributed by atoms with Crippen LogP contribution in [0, 0.1) is 5.92 Å². The summed E-state index contributed by atoms with van der Waals surface area (Å²) in [6, 6.07) is 14.5. The molecule has 1 aliphatic rings. The highest BCUT2D eigenvalue weighted by atomic mass is 79.9. The topological polar surface area (TPSA) is 61.8 Å². The minimum absolute atomic E-state index is 0.0294. The molecule has 1 fully saturated rings. The molecular formula is C20H19BrClN3O2. The fourth-order valence-electron chi connectivity index (χ4n) is 2.97. The van der Waals surface area contributed by atoms with Crippen molar-refractivity contribution >= 4 is 45.6 Å². The van der Waals surface area contributed by atoms with Gasteiger partial charge in [0.2, 0.25) is 5.91 Å². The molecule has 0 bridgehead atoms. The summed E-state index contributed by atoms with van der Waals surface area (Å²) in [4.78, 5) is 26.6. The summed E-state index contributed by atoms with van der Waals surface area (Å²) < 4.78 is 0.954. The van der Waals surface area contributed by atoms with Crippen LogP contribution in [0.1, 0.15) is 28.8 Å². The number of carbonyl (C=O) groups is 2. The molecule has 3 rings (SSSR count). The van der Waals surface area contributed by atoms with E-state index in [0.29, 0.717) is 36.5 Å². The minimum atomic E-state index is -0.140. The van der Waals surface area contributed by atoms with Gasteiger partial charge in [-0.25, -0.2) is 5.43 Å². The third-order valence-electron chi connectivity index (χ3n) is 4.48. The molecule has 1 N–H and O–H groups in total. The first-order valence-corrected chi connectivity index (χ1v) is 9.83. The van der Waals surface area contributed by atoms with Crippen LogP contribution in [0.5, 0.6) is 0 Å². The van der Waals surface area contributed by atoms with Crippen molar-refractivity contribution in [3.8, 4) is 0 Å². The van der Waals surface area contributed by atoms with Gasteiger partial charge < -0.3 is 4.90 Å². The second-order valence-corrected chi connectivity index (χ2v) is 7.71. The van der Waals surface area contributed by atoms with Crippen molar-refractivity contribution in [1.82, 2.24) is 10.3 Å². The zero-order valence-electron chi connectivity index (χ0n) is 14.6. The van der Waals surface area contributed by atoms with Gasteiger partial charge in [-0.3, -0.25) is 9.59 Å². The van der Waals surface area contributed by atoms with Crippen molar-refractivity contribution in [1.29, 1.82) is 0 Å². The minimum Gasteiger partial charge on any atom is -0.339 e. The maximum Gasteiger partial charge on any atom is 0.253 e. The van der Waals surface area contributed by atoms with Crippen LogP contribution >= 0.6 is 27.5 Å². The first kappa shape index (κ1) is 19.6. The summed E-state index contributed by atoms with van der Waals surface area (Å²) >= 11 is 9.26. The van der Waals surface area contributed by atoms with Gasteiger partial charge in [0.25, 0.3) is 5.91 Å². The summed E-state index contributed by atoms with van der Waals surface area (Å²) in [7, 11) is 0. The summed E-state index contributed by atoms with van der Waals surface area (Å²) in [5.41, 5.74) is 4.11. The highest BCUT2D eigenvalue weighted by Crippen LogP contribution is 2.20. The van der Waals surface area contributed by atoms with Gasteiger partial charge in [0, 0.05) is 34.1 Å². The Morgan fingerprint density at radius 2 is 1.85 bits per heavy atom. The van der Waals surface area contributed by atoms with E-state index in [0.717, 1.165) is 10.0 Å². The smallest absolute Gasteiger partial charge is 0.253 e. The number of halogens is 2. The van der Waals surface area contributed by atoms with E-state index in [9.17, 15) is 9.59 Å². The lowest BCUT2D eigenvalue weighted by Crippen LogP contribution is -2.42. The predicted molar refractivity (Wildman–Crippen MR) is 110 cm³/mol. The SMILES string of the molecule is O=C(N/N=C\c1cccc(Br)c1)C1CCN(C(=O)c2ccc(Cl)cc2)CC1. The number of hydrogen-bond donors (Lipinski definition) is 1. The molecule has 0 atom stereocenters. The Morgan fingerprint density at radius 3 is 2.52 bits per heavy atom. The molecule has 5 nitrogen and oxygen atoms in total. The van der Waals surface area contributed by atoms with E-state index in [1.54, 1.807) is 35.4 Å². The second kappa shape index (κ2) is 9.15. The number of piperidine rings is 1. The maximum absolute atomic E-state index is 12.5. The van der Waals surface area contributed by atoms with Crippen molar-refractivity contribution < 1.29 is 9.59 Å². The van der Waals surface area contributed by atoms with Gasteiger partial charge in [-0.1, -0.05) is 39.7 Å². The van der Waals surface area contributed by atoms with E-state index >= 15 is 0 Å². The number of hydrogen-bond acceptors (Lipinski definition) is 3. The summed E-state index contributed by atoms with van der Waals surface area (Å²) in [6.45, 7) is 1.10. The molecule has 1 heterocycles. The number of carbonyl (C=O) groups excluding carboxylic acids is 2.